The maximum atomic E-state index is 11.8. The average molecular weight is 263 g/mol. The van der Waals surface area contributed by atoms with Crippen LogP contribution in [0.3, 0.4) is 0 Å². The molecule has 0 saturated heterocycles. The van der Waals surface area contributed by atoms with Gasteiger partial charge >= 0.3 is 5.97 Å². The molecule has 2 rings (SSSR count). The Morgan fingerprint density at radius 3 is 2.84 bits per heavy atom. The van der Waals surface area contributed by atoms with Crippen molar-refractivity contribution in [3.8, 4) is 0 Å². The minimum absolute atomic E-state index is 0.0611. The first kappa shape index (κ1) is 13.6. The SMILES string of the molecule is CCOC(=O)c1ccnc(NC(C)(C)C2CC2)c1N. The summed E-state index contributed by atoms with van der Waals surface area (Å²) in [5.74, 6) is 0.789. The monoisotopic (exact) mass is 263 g/mol. The lowest BCUT2D eigenvalue weighted by Gasteiger charge is -2.27. The predicted molar refractivity (Wildman–Crippen MR) is 75.0 cm³/mol. The number of nitrogens with two attached hydrogens (primary N) is 1. The zero-order valence-corrected chi connectivity index (χ0v) is 11.7. The normalized spacial score (nSPS) is 15.1. The second kappa shape index (κ2) is 5.07. The molecule has 1 fully saturated rings. The topological polar surface area (TPSA) is 77.2 Å². The Balaban J connectivity index is 2.22. The molecule has 1 heterocycles. The maximum Gasteiger partial charge on any atom is 0.340 e. The van der Waals surface area contributed by atoms with E-state index in [-0.39, 0.29) is 5.54 Å². The number of esters is 1. The van der Waals surface area contributed by atoms with Crippen molar-refractivity contribution in [2.75, 3.05) is 17.7 Å². The minimum Gasteiger partial charge on any atom is -0.462 e. The number of hydrogen-bond donors (Lipinski definition) is 2. The van der Waals surface area contributed by atoms with Gasteiger partial charge in [-0.05, 0) is 45.6 Å². The van der Waals surface area contributed by atoms with Crippen LogP contribution in [0, 0.1) is 5.92 Å². The summed E-state index contributed by atoms with van der Waals surface area (Å²) in [6, 6.07) is 1.59. The van der Waals surface area contributed by atoms with Crippen LogP contribution in [-0.2, 0) is 4.74 Å². The third-order valence-electron chi connectivity index (χ3n) is 3.52. The Kier molecular flexibility index (Phi) is 3.64. The Bertz CT molecular complexity index is 482. The molecule has 0 amide bonds. The van der Waals surface area contributed by atoms with Gasteiger partial charge < -0.3 is 15.8 Å². The number of pyridine rings is 1. The highest BCUT2D eigenvalue weighted by Gasteiger charge is 2.38. The first-order valence-electron chi connectivity index (χ1n) is 6.65. The van der Waals surface area contributed by atoms with Gasteiger partial charge in [-0.2, -0.15) is 0 Å². The van der Waals surface area contributed by atoms with Crippen molar-refractivity contribution in [1.82, 2.24) is 4.98 Å². The van der Waals surface area contributed by atoms with Gasteiger partial charge in [0.15, 0.2) is 0 Å². The van der Waals surface area contributed by atoms with Gasteiger partial charge in [-0.25, -0.2) is 9.78 Å². The zero-order valence-electron chi connectivity index (χ0n) is 11.7. The number of carbonyl (C=O) groups is 1. The summed E-state index contributed by atoms with van der Waals surface area (Å²) in [6.45, 7) is 6.35. The molecule has 19 heavy (non-hydrogen) atoms. The highest BCUT2D eigenvalue weighted by Crippen LogP contribution is 2.41. The molecule has 0 radical (unpaired) electrons. The molecule has 1 saturated carbocycles. The van der Waals surface area contributed by atoms with Crippen molar-refractivity contribution < 1.29 is 9.53 Å². The summed E-state index contributed by atoms with van der Waals surface area (Å²) in [5, 5.41) is 3.34. The van der Waals surface area contributed by atoms with Crippen LogP contribution in [0.1, 0.15) is 44.0 Å². The first-order chi connectivity index (χ1) is 8.95. The van der Waals surface area contributed by atoms with Crippen molar-refractivity contribution in [1.29, 1.82) is 0 Å². The number of nitrogens with one attached hydrogen (secondary N) is 1. The van der Waals surface area contributed by atoms with E-state index in [4.69, 9.17) is 10.5 Å². The second-order valence-electron chi connectivity index (χ2n) is 5.46. The van der Waals surface area contributed by atoms with E-state index >= 15 is 0 Å². The van der Waals surface area contributed by atoms with Gasteiger partial charge in [-0.1, -0.05) is 0 Å². The van der Waals surface area contributed by atoms with Gasteiger partial charge in [0.1, 0.15) is 5.82 Å². The average Bonchev–Trinajstić information content (AvgIpc) is 3.16. The fourth-order valence-corrected chi connectivity index (χ4v) is 2.17. The lowest BCUT2D eigenvalue weighted by Crippen LogP contribution is -2.34. The fraction of sp³-hybridized carbons (Fsp3) is 0.571. The molecule has 0 aromatic carbocycles. The van der Waals surface area contributed by atoms with Crippen LogP contribution in [0.2, 0.25) is 0 Å². The Hall–Kier alpha value is -1.78. The zero-order chi connectivity index (χ0) is 14.0. The lowest BCUT2D eigenvalue weighted by atomic mass is 9.98. The van der Waals surface area contributed by atoms with Crippen LogP contribution < -0.4 is 11.1 Å². The molecular formula is C14H21N3O2. The van der Waals surface area contributed by atoms with Gasteiger partial charge in [0.25, 0.3) is 0 Å². The van der Waals surface area contributed by atoms with Crippen LogP contribution in [0.25, 0.3) is 0 Å². The molecule has 104 valence electrons. The van der Waals surface area contributed by atoms with Crippen LogP contribution >= 0.6 is 0 Å². The summed E-state index contributed by atoms with van der Waals surface area (Å²) in [4.78, 5) is 16.0. The van der Waals surface area contributed by atoms with Crippen LogP contribution in [0.5, 0.6) is 0 Å². The maximum absolute atomic E-state index is 11.8. The van der Waals surface area contributed by atoms with E-state index in [0.717, 1.165) is 0 Å². The second-order valence-corrected chi connectivity index (χ2v) is 5.46. The number of hydrogen-bond acceptors (Lipinski definition) is 5. The van der Waals surface area contributed by atoms with Crippen molar-refractivity contribution in [2.24, 2.45) is 5.92 Å². The third kappa shape index (κ3) is 2.97. The van der Waals surface area contributed by atoms with E-state index in [9.17, 15) is 4.79 Å². The summed E-state index contributed by atoms with van der Waals surface area (Å²) < 4.78 is 4.98. The molecule has 1 aromatic heterocycles. The molecule has 5 nitrogen and oxygen atoms in total. The van der Waals surface area contributed by atoms with E-state index in [0.29, 0.717) is 29.6 Å². The summed E-state index contributed by atoms with van der Waals surface area (Å²) in [6.07, 6.45) is 4.02. The molecule has 5 heteroatoms. The van der Waals surface area contributed by atoms with E-state index in [1.54, 1.807) is 19.2 Å². The lowest BCUT2D eigenvalue weighted by molar-refractivity contribution is 0.0527. The van der Waals surface area contributed by atoms with Gasteiger partial charge in [-0.15, -0.1) is 0 Å². The highest BCUT2D eigenvalue weighted by molar-refractivity contribution is 5.97. The molecule has 1 aliphatic carbocycles. The molecule has 0 unspecified atom stereocenters. The number of rotatable bonds is 5. The predicted octanol–water partition coefficient (Wildman–Crippen LogP) is 2.44. The van der Waals surface area contributed by atoms with Crippen LogP contribution in [0.15, 0.2) is 12.3 Å². The Morgan fingerprint density at radius 1 is 1.58 bits per heavy atom. The van der Waals surface area contributed by atoms with Gasteiger partial charge in [0.05, 0.1) is 17.9 Å². The molecule has 0 aliphatic heterocycles. The number of nitrogen functional groups attached to an aromatic ring is 1. The van der Waals surface area contributed by atoms with Crippen molar-refractivity contribution in [3.05, 3.63) is 17.8 Å². The molecule has 0 bridgehead atoms. The summed E-state index contributed by atoms with van der Waals surface area (Å²) >= 11 is 0. The molecule has 1 aliphatic rings. The van der Waals surface area contributed by atoms with E-state index in [2.05, 4.69) is 24.1 Å². The number of aromatic nitrogens is 1. The quantitative estimate of drug-likeness (QED) is 0.798. The van der Waals surface area contributed by atoms with Crippen LogP contribution in [-0.4, -0.2) is 23.1 Å². The molecule has 1 aromatic rings. The highest BCUT2D eigenvalue weighted by atomic mass is 16.5. The largest absolute Gasteiger partial charge is 0.462 e. The minimum atomic E-state index is -0.408. The van der Waals surface area contributed by atoms with Gasteiger partial charge in [0, 0.05) is 11.7 Å². The number of ether oxygens (including phenoxy) is 1. The Morgan fingerprint density at radius 2 is 2.26 bits per heavy atom. The fourth-order valence-electron chi connectivity index (χ4n) is 2.17. The van der Waals surface area contributed by atoms with Crippen LogP contribution in [0.4, 0.5) is 11.5 Å². The summed E-state index contributed by atoms with van der Waals surface area (Å²) in [5.41, 5.74) is 6.68. The van der Waals surface area contributed by atoms with Gasteiger partial charge in [-0.3, -0.25) is 0 Å². The van der Waals surface area contributed by atoms with Crippen molar-refractivity contribution in [2.45, 2.75) is 39.2 Å². The smallest absolute Gasteiger partial charge is 0.340 e. The third-order valence-corrected chi connectivity index (χ3v) is 3.52. The number of anilines is 2. The molecule has 0 spiro atoms. The first-order valence-corrected chi connectivity index (χ1v) is 6.65. The molecule has 0 atom stereocenters. The Labute approximate surface area is 113 Å². The standard InChI is InChI=1S/C14H21N3O2/c1-4-19-13(18)10-7-8-16-12(11(10)15)17-14(2,3)9-5-6-9/h7-9H,4-6,15H2,1-3H3,(H,16,17). The molecular weight excluding hydrogens is 242 g/mol. The van der Waals surface area contributed by atoms with E-state index in [1.807, 2.05) is 0 Å². The number of carbonyl (C=O) groups excluding carboxylic acids is 1. The van der Waals surface area contributed by atoms with Crippen molar-refractivity contribution >= 4 is 17.5 Å². The number of nitrogens with zero attached hydrogens (tertiary/aromatic N) is 1. The van der Waals surface area contributed by atoms with E-state index in [1.165, 1.54) is 12.8 Å². The van der Waals surface area contributed by atoms with Gasteiger partial charge in [0.2, 0.25) is 0 Å². The molecule has 3 N–H and O–H groups in total. The van der Waals surface area contributed by atoms with E-state index < -0.39 is 5.97 Å². The van der Waals surface area contributed by atoms with Crippen molar-refractivity contribution in [3.63, 3.8) is 0 Å². The summed E-state index contributed by atoms with van der Waals surface area (Å²) in [7, 11) is 0.